The highest BCUT2D eigenvalue weighted by molar-refractivity contribution is 5.91. The lowest BCUT2D eigenvalue weighted by Crippen LogP contribution is -1.94. The van der Waals surface area contributed by atoms with Crippen molar-refractivity contribution in [3.8, 4) is 0 Å². The van der Waals surface area contributed by atoms with Crippen LogP contribution >= 0.6 is 0 Å². The number of Topliss-reactive ketones (excluding diaryl/α,β-unsaturated/α-hetero) is 1. The van der Waals surface area contributed by atoms with Crippen molar-refractivity contribution < 1.29 is 4.79 Å². The first kappa shape index (κ1) is 16.7. The minimum absolute atomic E-state index is 0.131. The normalized spacial score (nSPS) is 9.96. The van der Waals surface area contributed by atoms with E-state index in [0.717, 1.165) is 27.8 Å². The Hall–Kier alpha value is -3.15. The second-order valence-corrected chi connectivity index (χ2v) is 5.96. The SMILES string of the molecule is CC(=O)CC(=C=C(c1ccccc1)c1ccccc1)c1ccccc1. The van der Waals surface area contributed by atoms with Crippen LogP contribution in [0.25, 0.3) is 11.1 Å². The zero-order chi connectivity index (χ0) is 17.5. The molecule has 0 fully saturated rings. The lowest BCUT2D eigenvalue weighted by atomic mass is 9.95. The van der Waals surface area contributed by atoms with Gasteiger partial charge in [0.1, 0.15) is 5.78 Å². The van der Waals surface area contributed by atoms with Gasteiger partial charge in [-0.3, -0.25) is 4.79 Å². The summed E-state index contributed by atoms with van der Waals surface area (Å²) in [4.78, 5) is 11.8. The Kier molecular flexibility index (Phi) is 5.41. The highest BCUT2D eigenvalue weighted by Crippen LogP contribution is 2.26. The molecule has 0 aliphatic carbocycles. The average Bonchev–Trinajstić information content (AvgIpc) is 2.67. The van der Waals surface area contributed by atoms with Gasteiger partial charge in [-0.2, -0.15) is 0 Å². The third-order valence-electron chi connectivity index (χ3n) is 3.95. The van der Waals surface area contributed by atoms with Gasteiger partial charge in [0, 0.05) is 17.6 Å². The van der Waals surface area contributed by atoms with Gasteiger partial charge < -0.3 is 0 Å². The topological polar surface area (TPSA) is 17.1 Å². The predicted octanol–water partition coefficient (Wildman–Crippen LogP) is 5.78. The summed E-state index contributed by atoms with van der Waals surface area (Å²) >= 11 is 0. The summed E-state index contributed by atoms with van der Waals surface area (Å²) in [6.45, 7) is 1.62. The van der Waals surface area contributed by atoms with Gasteiger partial charge in [-0.1, -0.05) is 91.0 Å². The van der Waals surface area contributed by atoms with Crippen molar-refractivity contribution >= 4 is 16.9 Å². The summed E-state index contributed by atoms with van der Waals surface area (Å²) < 4.78 is 0. The molecule has 0 aliphatic rings. The van der Waals surface area contributed by atoms with Gasteiger partial charge in [0.05, 0.1) is 0 Å². The minimum Gasteiger partial charge on any atom is -0.300 e. The molecule has 3 aromatic carbocycles. The first-order chi connectivity index (χ1) is 12.2. The van der Waals surface area contributed by atoms with Crippen molar-refractivity contribution in [2.75, 3.05) is 0 Å². The lowest BCUT2D eigenvalue weighted by molar-refractivity contribution is -0.116. The van der Waals surface area contributed by atoms with Gasteiger partial charge >= 0.3 is 0 Å². The monoisotopic (exact) mass is 324 g/mol. The maximum atomic E-state index is 11.8. The van der Waals surface area contributed by atoms with E-state index < -0.39 is 0 Å². The molecule has 0 spiro atoms. The summed E-state index contributed by atoms with van der Waals surface area (Å²) in [6, 6.07) is 30.4. The summed E-state index contributed by atoms with van der Waals surface area (Å²) in [5.74, 6) is 0.131. The van der Waals surface area contributed by atoms with Crippen LogP contribution < -0.4 is 0 Å². The van der Waals surface area contributed by atoms with Gasteiger partial charge in [-0.15, -0.1) is 5.73 Å². The number of carbonyl (C=O) groups is 1. The third kappa shape index (κ3) is 4.44. The molecule has 1 nitrogen and oxygen atoms in total. The average molecular weight is 324 g/mol. The van der Waals surface area contributed by atoms with Crippen LogP contribution in [0.3, 0.4) is 0 Å². The van der Waals surface area contributed by atoms with E-state index in [4.69, 9.17) is 0 Å². The number of ketones is 1. The fraction of sp³-hybridized carbons (Fsp3) is 0.0833. The van der Waals surface area contributed by atoms with Crippen molar-refractivity contribution in [3.63, 3.8) is 0 Å². The maximum Gasteiger partial charge on any atom is 0.134 e. The number of carbonyl (C=O) groups excluding carboxylic acids is 1. The molecule has 0 radical (unpaired) electrons. The summed E-state index contributed by atoms with van der Waals surface area (Å²) in [5.41, 5.74) is 8.67. The van der Waals surface area contributed by atoms with E-state index >= 15 is 0 Å². The fourth-order valence-corrected chi connectivity index (χ4v) is 2.78. The first-order valence-electron chi connectivity index (χ1n) is 8.39. The number of benzene rings is 3. The molecule has 0 bridgehead atoms. The molecule has 0 aromatic heterocycles. The molecule has 0 N–H and O–H groups in total. The number of hydrogen-bond donors (Lipinski definition) is 0. The third-order valence-corrected chi connectivity index (χ3v) is 3.95. The second kappa shape index (κ2) is 8.10. The van der Waals surface area contributed by atoms with Crippen LogP contribution in [0, 0.1) is 0 Å². The minimum atomic E-state index is 0.131. The van der Waals surface area contributed by atoms with E-state index in [9.17, 15) is 4.79 Å². The van der Waals surface area contributed by atoms with Gasteiger partial charge in [-0.25, -0.2) is 0 Å². The lowest BCUT2D eigenvalue weighted by Gasteiger charge is -2.08. The maximum absolute atomic E-state index is 11.8. The Morgan fingerprint density at radius 3 is 1.48 bits per heavy atom. The molecule has 1 heteroatoms. The van der Waals surface area contributed by atoms with Crippen LogP contribution in [-0.2, 0) is 4.79 Å². The quantitative estimate of drug-likeness (QED) is 0.544. The van der Waals surface area contributed by atoms with Crippen LogP contribution in [0.2, 0.25) is 0 Å². The molecule has 3 rings (SSSR count). The highest BCUT2D eigenvalue weighted by atomic mass is 16.1. The Morgan fingerprint density at radius 2 is 1.08 bits per heavy atom. The second-order valence-electron chi connectivity index (χ2n) is 5.96. The number of allylic oxidation sites excluding steroid dienone is 1. The molecule has 0 saturated carbocycles. The van der Waals surface area contributed by atoms with Crippen molar-refractivity contribution in [3.05, 3.63) is 113 Å². The van der Waals surface area contributed by atoms with Gasteiger partial charge in [0.25, 0.3) is 0 Å². The number of hydrogen-bond acceptors (Lipinski definition) is 1. The van der Waals surface area contributed by atoms with Crippen molar-refractivity contribution in [2.24, 2.45) is 0 Å². The van der Waals surface area contributed by atoms with Gasteiger partial charge in [0.15, 0.2) is 0 Å². The molecular weight excluding hydrogens is 304 g/mol. The Morgan fingerprint density at radius 1 is 0.680 bits per heavy atom. The molecule has 0 amide bonds. The molecule has 0 heterocycles. The molecule has 0 atom stereocenters. The van der Waals surface area contributed by atoms with E-state index in [2.05, 4.69) is 30.0 Å². The standard InChI is InChI=1S/C24H20O/c1-19(25)17-23(20-11-5-2-6-12-20)18-24(21-13-7-3-8-14-21)22-15-9-4-10-16-22/h2-16H,17H2,1H3. The molecular formula is C24H20O. The van der Waals surface area contributed by atoms with E-state index in [1.165, 1.54) is 0 Å². The largest absolute Gasteiger partial charge is 0.300 e. The predicted molar refractivity (Wildman–Crippen MR) is 104 cm³/mol. The van der Waals surface area contributed by atoms with Crippen LogP contribution in [0.15, 0.2) is 96.7 Å². The van der Waals surface area contributed by atoms with Crippen LogP contribution in [-0.4, -0.2) is 5.78 Å². The molecule has 25 heavy (non-hydrogen) atoms. The number of rotatable bonds is 5. The van der Waals surface area contributed by atoms with Crippen molar-refractivity contribution in [2.45, 2.75) is 13.3 Å². The van der Waals surface area contributed by atoms with E-state index in [1.807, 2.05) is 66.7 Å². The highest BCUT2D eigenvalue weighted by Gasteiger charge is 2.08. The van der Waals surface area contributed by atoms with E-state index in [0.29, 0.717) is 6.42 Å². The van der Waals surface area contributed by atoms with E-state index in [1.54, 1.807) is 6.92 Å². The van der Waals surface area contributed by atoms with Gasteiger partial charge in [-0.05, 0) is 23.6 Å². The van der Waals surface area contributed by atoms with Crippen LogP contribution in [0.5, 0.6) is 0 Å². The van der Waals surface area contributed by atoms with Crippen molar-refractivity contribution in [1.29, 1.82) is 0 Å². The molecule has 0 saturated heterocycles. The smallest absolute Gasteiger partial charge is 0.134 e. The Balaban J connectivity index is 2.27. The molecule has 3 aromatic rings. The summed E-state index contributed by atoms with van der Waals surface area (Å²) in [6.07, 6.45) is 0.368. The van der Waals surface area contributed by atoms with E-state index in [-0.39, 0.29) is 5.78 Å². The van der Waals surface area contributed by atoms with Crippen LogP contribution in [0.1, 0.15) is 30.0 Å². The Labute approximate surface area is 149 Å². The zero-order valence-corrected chi connectivity index (χ0v) is 14.3. The Bertz CT molecular complexity index is 859. The summed E-state index contributed by atoms with van der Waals surface area (Å²) in [5, 5.41) is 0. The molecule has 0 aliphatic heterocycles. The molecule has 0 unspecified atom stereocenters. The zero-order valence-electron chi connectivity index (χ0n) is 14.3. The van der Waals surface area contributed by atoms with Crippen molar-refractivity contribution in [1.82, 2.24) is 0 Å². The van der Waals surface area contributed by atoms with Gasteiger partial charge in [0.2, 0.25) is 0 Å². The molecule has 122 valence electrons. The summed E-state index contributed by atoms with van der Waals surface area (Å²) in [7, 11) is 0. The van der Waals surface area contributed by atoms with Crippen LogP contribution in [0.4, 0.5) is 0 Å². The fourth-order valence-electron chi connectivity index (χ4n) is 2.78. The first-order valence-corrected chi connectivity index (χ1v) is 8.39.